The van der Waals surface area contributed by atoms with Gasteiger partial charge < -0.3 is 19.6 Å². The number of carbonyl (C=O) groups excluding carboxylic acids is 1. The SMILES string of the molecule is C=CC(=O)N1CCN(c2nc(N3CCC(C#N)C3)c(C#N)c3c2CCN(c2cccc4ccccc24)C3)C[C@H]1CC#N. The minimum Gasteiger partial charge on any atom is -0.366 e. The molecule has 0 N–H and O–H groups in total. The number of nitrogens with zero attached hydrogens (tertiary/aromatic N) is 8. The second-order valence-electron chi connectivity index (χ2n) is 11.1. The summed E-state index contributed by atoms with van der Waals surface area (Å²) < 4.78 is 0. The lowest BCUT2D eigenvalue weighted by molar-refractivity contribution is -0.128. The van der Waals surface area contributed by atoms with E-state index in [0.29, 0.717) is 57.1 Å². The number of carbonyl (C=O) groups is 1. The van der Waals surface area contributed by atoms with E-state index in [-0.39, 0.29) is 24.3 Å². The first kappa shape index (κ1) is 27.1. The van der Waals surface area contributed by atoms with Crippen molar-refractivity contribution >= 4 is 34.0 Å². The van der Waals surface area contributed by atoms with E-state index in [9.17, 15) is 20.6 Å². The van der Waals surface area contributed by atoms with E-state index in [0.717, 1.165) is 35.6 Å². The molecule has 0 bridgehead atoms. The van der Waals surface area contributed by atoms with Gasteiger partial charge in [0.15, 0.2) is 0 Å². The highest BCUT2D eigenvalue weighted by molar-refractivity contribution is 5.94. The largest absolute Gasteiger partial charge is 0.366 e. The smallest absolute Gasteiger partial charge is 0.246 e. The topological polar surface area (TPSA) is 114 Å². The summed E-state index contributed by atoms with van der Waals surface area (Å²) in [5.41, 5.74) is 3.74. The minimum absolute atomic E-state index is 0.0986. The lowest BCUT2D eigenvalue weighted by Crippen LogP contribution is -2.55. The third-order valence-corrected chi connectivity index (χ3v) is 8.81. The first-order valence-corrected chi connectivity index (χ1v) is 14.4. The molecule has 2 fully saturated rings. The summed E-state index contributed by atoms with van der Waals surface area (Å²) in [6.07, 6.45) is 2.97. The first-order chi connectivity index (χ1) is 20.6. The highest BCUT2D eigenvalue weighted by Crippen LogP contribution is 2.39. The van der Waals surface area contributed by atoms with Gasteiger partial charge in [0.1, 0.15) is 17.7 Å². The first-order valence-electron chi connectivity index (χ1n) is 14.4. The van der Waals surface area contributed by atoms with Crippen LogP contribution in [0.2, 0.25) is 0 Å². The number of piperazine rings is 1. The van der Waals surface area contributed by atoms with E-state index < -0.39 is 0 Å². The molecule has 0 aliphatic carbocycles. The number of pyridine rings is 1. The van der Waals surface area contributed by atoms with Crippen LogP contribution in [0.3, 0.4) is 0 Å². The zero-order valence-corrected chi connectivity index (χ0v) is 23.5. The average Bonchev–Trinajstić information content (AvgIpc) is 3.52. The van der Waals surface area contributed by atoms with Crippen molar-refractivity contribution in [2.45, 2.75) is 31.8 Å². The molecule has 1 unspecified atom stereocenters. The summed E-state index contributed by atoms with van der Waals surface area (Å²) >= 11 is 0. The quantitative estimate of drug-likeness (QED) is 0.431. The molecule has 42 heavy (non-hydrogen) atoms. The van der Waals surface area contributed by atoms with Crippen molar-refractivity contribution in [2.75, 3.05) is 54.0 Å². The molecule has 6 rings (SSSR count). The molecule has 1 aromatic heterocycles. The summed E-state index contributed by atoms with van der Waals surface area (Å²) in [4.78, 5) is 26.0. The molecule has 9 heteroatoms. The van der Waals surface area contributed by atoms with Crippen molar-refractivity contribution in [3.05, 3.63) is 71.8 Å². The number of hydrogen-bond acceptors (Lipinski definition) is 8. The maximum absolute atomic E-state index is 12.6. The molecule has 2 atom stereocenters. The summed E-state index contributed by atoms with van der Waals surface area (Å²) in [6.45, 7) is 7.71. The lowest BCUT2D eigenvalue weighted by atomic mass is 9.93. The zero-order valence-electron chi connectivity index (χ0n) is 23.5. The maximum atomic E-state index is 12.6. The fourth-order valence-corrected chi connectivity index (χ4v) is 6.69. The van der Waals surface area contributed by atoms with E-state index in [1.165, 1.54) is 16.8 Å². The maximum Gasteiger partial charge on any atom is 0.246 e. The second-order valence-corrected chi connectivity index (χ2v) is 11.1. The average molecular weight is 557 g/mol. The van der Waals surface area contributed by atoms with Crippen LogP contribution in [-0.4, -0.2) is 61.1 Å². The predicted molar refractivity (Wildman–Crippen MR) is 162 cm³/mol. The molecule has 210 valence electrons. The molecule has 4 heterocycles. The standard InChI is InChI=1S/C33H32N8O/c1-2-31(42)41-17-16-40(21-25(41)10-13-34)32-27-12-15-38(30-9-5-7-24-6-3-4-8-26(24)30)22-29(27)28(19-36)33(37-32)39-14-11-23(18-35)20-39/h2-9,23,25H,1,10-12,14-17,20-22H2/t23?,25-/m1/s1. The van der Waals surface area contributed by atoms with Gasteiger partial charge in [-0.25, -0.2) is 4.98 Å². The Kier molecular flexibility index (Phi) is 7.38. The number of aromatic nitrogens is 1. The van der Waals surface area contributed by atoms with Crippen LogP contribution in [0.1, 0.15) is 29.5 Å². The number of anilines is 3. The Morgan fingerprint density at radius 3 is 2.52 bits per heavy atom. The normalized spacial score (nSPS) is 20.0. The molecule has 1 amide bonds. The van der Waals surface area contributed by atoms with Gasteiger partial charge in [-0.3, -0.25) is 4.79 Å². The molecule has 0 radical (unpaired) electrons. The van der Waals surface area contributed by atoms with Crippen LogP contribution in [0.5, 0.6) is 0 Å². The van der Waals surface area contributed by atoms with Gasteiger partial charge in [0.2, 0.25) is 5.91 Å². The van der Waals surface area contributed by atoms with Gasteiger partial charge in [-0.05, 0) is 35.9 Å². The molecule has 0 saturated carbocycles. The van der Waals surface area contributed by atoms with Gasteiger partial charge >= 0.3 is 0 Å². The molecule has 3 aliphatic heterocycles. The monoisotopic (exact) mass is 556 g/mol. The zero-order chi connectivity index (χ0) is 29.2. The molecule has 2 saturated heterocycles. The molecule has 0 spiro atoms. The number of hydrogen-bond donors (Lipinski definition) is 0. The number of nitriles is 3. The van der Waals surface area contributed by atoms with Gasteiger partial charge in [0.25, 0.3) is 0 Å². The Morgan fingerprint density at radius 1 is 0.952 bits per heavy atom. The van der Waals surface area contributed by atoms with Crippen molar-refractivity contribution in [3.8, 4) is 18.2 Å². The Hall–Kier alpha value is -5.07. The van der Waals surface area contributed by atoms with Crippen molar-refractivity contribution in [2.24, 2.45) is 5.92 Å². The van der Waals surface area contributed by atoms with Crippen LogP contribution in [0.25, 0.3) is 10.8 Å². The highest BCUT2D eigenvalue weighted by Gasteiger charge is 2.36. The Morgan fingerprint density at radius 2 is 1.76 bits per heavy atom. The minimum atomic E-state index is -0.281. The summed E-state index contributed by atoms with van der Waals surface area (Å²) in [5, 5.41) is 32.0. The Labute approximate surface area is 246 Å². The van der Waals surface area contributed by atoms with E-state index in [1.54, 1.807) is 4.90 Å². The van der Waals surface area contributed by atoms with E-state index >= 15 is 0 Å². The molecule has 3 aromatic rings. The van der Waals surface area contributed by atoms with E-state index in [1.807, 2.05) is 6.07 Å². The highest BCUT2D eigenvalue weighted by atomic mass is 16.2. The van der Waals surface area contributed by atoms with Gasteiger partial charge in [0.05, 0.1) is 36.1 Å². The van der Waals surface area contributed by atoms with Crippen LogP contribution >= 0.6 is 0 Å². The molecule has 9 nitrogen and oxygen atoms in total. The van der Waals surface area contributed by atoms with E-state index in [4.69, 9.17) is 4.98 Å². The number of benzene rings is 2. The molecular formula is C33H32N8O. The fourth-order valence-electron chi connectivity index (χ4n) is 6.69. The van der Waals surface area contributed by atoms with Gasteiger partial charge in [0, 0.05) is 62.5 Å². The van der Waals surface area contributed by atoms with Crippen LogP contribution < -0.4 is 14.7 Å². The van der Waals surface area contributed by atoms with Crippen LogP contribution in [0, 0.1) is 39.9 Å². The third-order valence-electron chi connectivity index (χ3n) is 8.81. The lowest BCUT2D eigenvalue weighted by Gasteiger charge is -2.43. The Bertz CT molecular complexity index is 1670. The van der Waals surface area contributed by atoms with Gasteiger partial charge in [-0.15, -0.1) is 0 Å². The van der Waals surface area contributed by atoms with Crippen LogP contribution in [-0.2, 0) is 17.8 Å². The summed E-state index contributed by atoms with van der Waals surface area (Å²) in [7, 11) is 0. The van der Waals surface area contributed by atoms with Crippen molar-refractivity contribution in [1.29, 1.82) is 15.8 Å². The summed E-state index contributed by atoms with van der Waals surface area (Å²) in [5.74, 6) is 1.19. The van der Waals surface area contributed by atoms with Gasteiger partial charge in [-0.2, -0.15) is 15.8 Å². The van der Waals surface area contributed by atoms with Crippen molar-refractivity contribution in [1.82, 2.24) is 9.88 Å². The second kappa shape index (κ2) is 11.4. The summed E-state index contributed by atoms with van der Waals surface area (Å²) in [6, 6.07) is 21.5. The fraction of sp³-hybridized carbons (Fsp3) is 0.364. The predicted octanol–water partition coefficient (Wildman–Crippen LogP) is 4.14. The van der Waals surface area contributed by atoms with Gasteiger partial charge in [-0.1, -0.05) is 43.0 Å². The van der Waals surface area contributed by atoms with Crippen molar-refractivity contribution < 1.29 is 4.79 Å². The molecule has 3 aliphatic rings. The molecule has 2 aromatic carbocycles. The van der Waals surface area contributed by atoms with Crippen LogP contribution in [0.15, 0.2) is 55.1 Å². The number of fused-ring (bicyclic) bond motifs is 2. The van der Waals surface area contributed by atoms with E-state index in [2.05, 4.69) is 75.9 Å². The van der Waals surface area contributed by atoms with Crippen molar-refractivity contribution in [3.63, 3.8) is 0 Å². The molecular weight excluding hydrogens is 524 g/mol. The number of rotatable bonds is 5. The third kappa shape index (κ3) is 4.76. The van der Waals surface area contributed by atoms with Crippen LogP contribution in [0.4, 0.5) is 17.3 Å². The Balaban J connectivity index is 1.44. The number of amides is 1.